The molecule has 0 aliphatic carbocycles. The van der Waals surface area contributed by atoms with Crippen molar-refractivity contribution >= 4 is 17.4 Å². The molecule has 0 radical (unpaired) electrons. The first-order valence-corrected chi connectivity index (χ1v) is 13.7. The second-order valence-corrected chi connectivity index (χ2v) is 12.5. The van der Waals surface area contributed by atoms with Crippen LogP contribution in [0.1, 0.15) is 89.6 Å². The van der Waals surface area contributed by atoms with E-state index in [2.05, 4.69) is 0 Å². The Balaban J connectivity index is 1.95. The van der Waals surface area contributed by atoms with E-state index in [1.54, 1.807) is 24.3 Å². The van der Waals surface area contributed by atoms with Gasteiger partial charge in [-0.05, 0) is 83.7 Å². The zero-order chi connectivity index (χ0) is 28.7. The standard InChI is InChI=1S/C32H41NO6/c1-8-38-21-13-11-19(12-14-21)27(34)25-26(33(30(37)29(25)36)18-22-10-9-15-39-22)20-16-23(31(2,3)4)28(35)24(17-20)32(5,6)7/h11-14,16-17,22,26,34-35H,8-10,15,18H2,1-7H3. The van der Waals surface area contributed by atoms with Gasteiger partial charge in [-0.2, -0.15) is 0 Å². The Morgan fingerprint density at radius 3 is 2.10 bits per heavy atom. The lowest BCUT2D eigenvalue weighted by atomic mass is 9.77. The van der Waals surface area contributed by atoms with Gasteiger partial charge >= 0.3 is 0 Å². The molecule has 4 rings (SSSR count). The molecule has 0 aromatic heterocycles. The van der Waals surface area contributed by atoms with Crippen LogP contribution in [-0.4, -0.2) is 52.7 Å². The van der Waals surface area contributed by atoms with Gasteiger partial charge in [0.05, 0.1) is 24.3 Å². The number of aromatic hydroxyl groups is 1. The zero-order valence-corrected chi connectivity index (χ0v) is 24.1. The molecule has 2 heterocycles. The van der Waals surface area contributed by atoms with Crippen molar-refractivity contribution in [3.63, 3.8) is 0 Å². The summed E-state index contributed by atoms with van der Waals surface area (Å²) < 4.78 is 11.4. The van der Waals surface area contributed by atoms with E-state index < -0.39 is 28.6 Å². The summed E-state index contributed by atoms with van der Waals surface area (Å²) in [4.78, 5) is 28.6. The molecule has 2 aliphatic heterocycles. The molecule has 210 valence electrons. The van der Waals surface area contributed by atoms with Gasteiger partial charge in [-0.25, -0.2) is 0 Å². The van der Waals surface area contributed by atoms with Crippen molar-refractivity contribution in [2.75, 3.05) is 19.8 Å². The third kappa shape index (κ3) is 5.69. The highest BCUT2D eigenvalue weighted by atomic mass is 16.5. The number of rotatable bonds is 6. The molecule has 2 unspecified atom stereocenters. The molecule has 2 aromatic carbocycles. The summed E-state index contributed by atoms with van der Waals surface area (Å²) in [6.07, 6.45) is 1.51. The van der Waals surface area contributed by atoms with Crippen LogP contribution in [0, 0.1) is 0 Å². The number of likely N-dealkylation sites (tertiary alicyclic amines) is 1. The largest absolute Gasteiger partial charge is 0.507 e. The highest BCUT2D eigenvalue weighted by Crippen LogP contribution is 2.46. The summed E-state index contributed by atoms with van der Waals surface area (Å²) in [5, 5.41) is 22.8. The van der Waals surface area contributed by atoms with Gasteiger partial charge < -0.3 is 24.6 Å². The first-order valence-electron chi connectivity index (χ1n) is 13.7. The molecule has 1 amide bonds. The number of aliphatic hydroxyl groups is 1. The third-order valence-corrected chi connectivity index (χ3v) is 7.47. The van der Waals surface area contributed by atoms with E-state index in [9.17, 15) is 19.8 Å². The smallest absolute Gasteiger partial charge is 0.295 e. The molecule has 39 heavy (non-hydrogen) atoms. The fraction of sp³-hybridized carbons (Fsp3) is 0.500. The molecule has 0 bridgehead atoms. The Hall–Kier alpha value is -3.32. The van der Waals surface area contributed by atoms with Gasteiger partial charge in [0, 0.05) is 18.7 Å². The number of aliphatic hydroxyl groups excluding tert-OH is 1. The average Bonchev–Trinajstić information content (AvgIpc) is 3.45. The van der Waals surface area contributed by atoms with E-state index in [4.69, 9.17) is 9.47 Å². The molecule has 2 N–H and O–H groups in total. The van der Waals surface area contributed by atoms with E-state index in [1.807, 2.05) is 60.6 Å². The van der Waals surface area contributed by atoms with Crippen molar-refractivity contribution in [1.82, 2.24) is 4.90 Å². The summed E-state index contributed by atoms with van der Waals surface area (Å²) in [6, 6.07) is 9.73. The number of phenolic OH excluding ortho intramolecular Hbond substituents is 1. The van der Waals surface area contributed by atoms with Crippen LogP contribution in [-0.2, 0) is 25.2 Å². The number of ether oxygens (including phenoxy) is 2. The minimum Gasteiger partial charge on any atom is -0.507 e. The highest BCUT2D eigenvalue weighted by molar-refractivity contribution is 6.46. The third-order valence-electron chi connectivity index (χ3n) is 7.47. The molecule has 2 aromatic rings. The fourth-order valence-electron chi connectivity index (χ4n) is 5.41. The number of nitrogens with zero attached hydrogens (tertiary/aromatic N) is 1. The molecule has 0 spiro atoms. The number of ketones is 1. The number of carbonyl (C=O) groups excluding carboxylic acids is 2. The summed E-state index contributed by atoms with van der Waals surface area (Å²) in [5.74, 6) is -0.773. The normalized spacial score (nSPS) is 21.6. The van der Waals surface area contributed by atoms with E-state index in [0.717, 1.165) is 12.8 Å². The first kappa shape index (κ1) is 28.7. The van der Waals surface area contributed by atoms with Crippen LogP contribution in [0.25, 0.3) is 5.76 Å². The van der Waals surface area contributed by atoms with Crippen LogP contribution in [0.3, 0.4) is 0 Å². The molecule has 7 nitrogen and oxygen atoms in total. The SMILES string of the molecule is CCOc1ccc(C(O)=C2C(=O)C(=O)N(CC3CCCO3)C2c2cc(C(C)(C)C)c(O)c(C(C)(C)C)c2)cc1. The van der Waals surface area contributed by atoms with Crippen molar-refractivity contribution in [2.24, 2.45) is 0 Å². The molecular formula is C32H41NO6. The molecule has 0 saturated carbocycles. The lowest BCUT2D eigenvalue weighted by Crippen LogP contribution is -2.36. The number of amides is 1. The number of benzene rings is 2. The lowest BCUT2D eigenvalue weighted by molar-refractivity contribution is -0.140. The van der Waals surface area contributed by atoms with Gasteiger partial charge in [0.15, 0.2) is 0 Å². The maximum atomic E-state index is 13.6. The lowest BCUT2D eigenvalue weighted by Gasteiger charge is -2.32. The topological polar surface area (TPSA) is 96.3 Å². The molecule has 2 atom stereocenters. The number of Topliss-reactive ketones (excluding diaryl/α,β-unsaturated/α-hetero) is 1. The fourth-order valence-corrected chi connectivity index (χ4v) is 5.41. The van der Waals surface area contributed by atoms with Crippen molar-refractivity contribution < 1.29 is 29.3 Å². The van der Waals surface area contributed by atoms with Crippen molar-refractivity contribution in [2.45, 2.75) is 84.3 Å². The first-order chi connectivity index (χ1) is 18.2. The van der Waals surface area contributed by atoms with Crippen molar-refractivity contribution in [3.8, 4) is 11.5 Å². The highest BCUT2D eigenvalue weighted by Gasteiger charge is 2.47. The van der Waals surface area contributed by atoms with E-state index in [0.29, 0.717) is 41.2 Å². The van der Waals surface area contributed by atoms with Crippen LogP contribution < -0.4 is 4.74 Å². The number of hydrogen-bond donors (Lipinski definition) is 2. The molecule has 2 saturated heterocycles. The Kier molecular flexibility index (Phi) is 7.86. The second-order valence-electron chi connectivity index (χ2n) is 12.5. The van der Waals surface area contributed by atoms with E-state index >= 15 is 0 Å². The average molecular weight is 536 g/mol. The van der Waals surface area contributed by atoms with Crippen LogP contribution in [0.4, 0.5) is 0 Å². The minimum absolute atomic E-state index is 0.0348. The van der Waals surface area contributed by atoms with Gasteiger partial charge in [0.25, 0.3) is 11.7 Å². The van der Waals surface area contributed by atoms with Gasteiger partial charge in [0.2, 0.25) is 0 Å². The van der Waals surface area contributed by atoms with Gasteiger partial charge in [0.1, 0.15) is 17.3 Å². The summed E-state index contributed by atoms with van der Waals surface area (Å²) in [7, 11) is 0. The van der Waals surface area contributed by atoms with Crippen LogP contribution >= 0.6 is 0 Å². The Bertz CT molecular complexity index is 1240. The number of carbonyl (C=O) groups is 2. The predicted octanol–water partition coefficient (Wildman–Crippen LogP) is 5.99. The molecular weight excluding hydrogens is 494 g/mol. The maximum Gasteiger partial charge on any atom is 0.295 e. The number of phenols is 1. The monoisotopic (exact) mass is 535 g/mol. The van der Waals surface area contributed by atoms with Gasteiger partial charge in [-0.3, -0.25) is 9.59 Å². The van der Waals surface area contributed by atoms with Crippen LogP contribution in [0.5, 0.6) is 11.5 Å². The Labute approximate surface area is 231 Å². The molecule has 7 heteroatoms. The van der Waals surface area contributed by atoms with Crippen LogP contribution in [0.2, 0.25) is 0 Å². The predicted molar refractivity (Wildman–Crippen MR) is 151 cm³/mol. The maximum absolute atomic E-state index is 13.6. The van der Waals surface area contributed by atoms with Crippen LogP contribution in [0.15, 0.2) is 42.0 Å². The van der Waals surface area contributed by atoms with E-state index in [1.165, 1.54) is 4.90 Å². The Morgan fingerprint density at radius 1 is 1.03 bits per heavy atom. The Morgan fingerprint density at radius 2 is 1.62 bits per heavy atom. The number of hydrogen-bond acceptors (Lipinski definition) is 6. The second kappa shape index (κ2) is 10.7. The van der Waals surface area contributed by atoms with Crippen molar-refractivity contribution in [1.29, 1.82) is 0 Å². The van der Waals surface area contributed by atoms with Gasteiger partial charge in [-0.15, -0.1) is 0 Å². The molecule has 2 fully saturated rings. The quantitative estimate of drug-likeness (QED) is 0.268. The van der Waals surface area contributed by atoms with Crippen molar-refractivity contribution in [3.05, 3.63) is 64.2 Å². The zero-order valence-electron chi connectivity index (χ0n) is 24.1. The van der Waals surface area contributed by atoms with Gasteiger partial charge in [-0.1, -0.05) is 41.5 Å². The summed E-state index contributed by atoms with van der Waals surface area (Å²) >= 11 is 0. The summed E-state index contributed by atoms with van der Waals surface area (Å²) in [6.45, 7) is 15.3. The van der Waals surface area contributed by atoms with E-state index in [-0.39, 0.29) is 29.7 Å². The minimum atomic E-state index is -0.830. The molecule has 2 aliphatic rings. The summed E-state index contributed by atoms with van der Waals surface area (Å²) in [5.41, 5.74) is 1.74.